The van der Waals surface area contributed by atoms with Crippen molar-refractivity contribution in [1.29, 1.82) is 5.26 Å². The molecule has 0 N–H and O–H groups in total. The first kappa shape index (κ1) is 14.2. The fourth-order valence-corrected chi connectivity index (χ4v) is 1.69. The fraction of sp³-hybridized carbons (Fsp3) is 0.154. The van der Waals surface area contributed by atoms with Crippen LogP contribution in [0.1, 0.15) is 22.8 Å². The molecule has 1 aromatic carbocycles. The van der Waals surface area contributed by atoms with Gasteiger partial charge < -0.3 is 4.74 Å². The quantitative estimate of drug-likeness (QED) is 0.481. The van der Waals surface area contributed by atoms with Crippen molar-refractivity contribution in [3.8, 4) is 11.8 Å². The van der Waals surface area contributed by atoms with Gasteiger partial charge in [0.1, 0.15) is 11.6 Å². The fourth-order valence-electron chi connectivity index (χ4n) is 1.69. The third-order valence-corrected chi connectivity index (χ3v) is 2.66. The molecule has 0 aliphatic heterocycles. The average molecular weight is 286 g/mol. The number of ether oxygens (including phenoxy) is 1. The largest absolute Gasteiger partial charge is 0.462 e. The molecule has 0 saturated heterocycles. The number of nitriles is 1. The van der Waals surface area contributed by atoms with Gasteiger partial charge in [0.15, 0.2) is 0 Å². The van der Waals surface area contributed by atoms with Gasteiger partial charge in [-0.05, 0) is 19.1 Å². The minimum Gasteiger partial charge on any atom is -0.462 e. The van der Waals surface area contributed by atoms with Crippen molar-refractivity contribution >= 4 is 11.7 Å². The van der Waals surface area contributed by atoms with Crippen molar-refractivity contribution in [3.05, 3.63) is 51.8 Å². The lowest BCUT2D eigenvalue weighted by Crippen LogP contribution is -2.03. The van der Waals surface area contributed by atoms with Gasteiger partial charge in [-0.1, -0.05) is 0 Å². The van der Waals surface area contributed by atoms with E-state index in [1.165, 1.54) is 35.3 Å². The summed E-state index contributed by atoms with van der Waals surface area (Å²) in [5.41, 5.74) is 0.254. The van der Waals surface area contributed by atoms with Crippen molar-refractivity contribution in [3.63, 3.8) is 0 Å². The van der Waals surface area contributed by atoms with Crippen molar-refractivity contribution in [1.82, 2.24) is 9.78 Å². The van der Waals surface area contributed by atoms with Crippen molar-refractivity contribution < 1.29 is 14.5 Å². The highest BCUT2D eigenvalue weighted by Crippen LogP contribution is 2.21. The van der Waals surface area contributed by atoms with Gasteiger partial charge in [0.05, 0.1) is 29.0 Å². The van der Waals surface area contributed by atoms with E-state index in [4.69, 9.17) is 10.00 Å². The molecule has 0 spiro atoms. The molecule has 0 amide bonds. The van der Waals surface area contributed by atoms with Crippen LogP contribution in [-0.4, -0.2) is 27.3 Å². The van der Waals surface area contributed by atoms with Crippen LogP contribution in [0.15, 0.2) is 30.6 Å². The molecule has 1 aromatic heterocycles. The number of benzene rings is 1. The third-order valence-electron chi connectivity index (χ3n) is 2.66. The van der Waals surface area contributed by atoms with E-state index >= 15 is 0 Å². The number of esters is 1. The molecule has 2 rings (SSSR count). The molecular weight excluding hydrogens is 276 g/mol. The molecule has 0 unspecified atom stereocenters. The Labute approximate surface area is 119 Å². The second-order valence-electron chi connectivity index (χ2n) is 3.96. The first-order valence-electron chi connectivity index (χ1n) is 5.97. The minimum atomic E-state index is -0.641. The number of nitro benzene ring substituents is 1. The standard InChI is InChI=1S/C13H10N4O4/c1-2-21-13(18)10-7-15-16(8-10)11-4-3-9(6-14)12(5-11)17(19)20/h3-5,7-8H,2H2,1H3. The maximum absolute atomic E-state index is 11.5. The number of nitro groups is 1. The summed E-state index contributed by atoms with van der Waals surface area (Å²) in [7, 11) is 0. The molecule has 8 heteroatoms. The summed E-state index contributed by atoms with van der Waals surface area (Å²) in [5, 5.41) is 23.7. The van der Waals surface area contributed by atoms with Crippen molar-refractivity contribution in [2.24, 2.45) is 0 Å². The summed E-state index contributed by atoms with van der Waals surface area (Å²) < 4.78 is 6.14. The zero-order valence-corrected chi connectivity index (χ0v) is 11.0. The number of hydrogen-bond acceptors (Lipinski definition) is 6. The SMILES string of the molecule is CCOC(=O)c1cnn(-c2ccc(C#N)c([N+](=O)[O-])c2)c1. The van der Waals surface area contributed by atoms with Gasteiger partial charge in [0, 0.05) is 12.3 Å². The predicted molar refractivity (Wildman–Crippen MR) is 70.9 cm³/mol. The van der Waals surface area contributed by atoms with E-state index < -0.39 is 10.9 Å². The van der Waals surface area contributed by atoms with Crippen molar-refractivity contribution in [2.75, 3.05) is 6.61 Å². The van der Waals surface area contributed by atoms with E-state index in [0.717, 1.165) is 0 Å². The van der Waals surface area contributed by atoms with Crippen molar-refractivity contribution in [2.45, 2.75) is 6.92 Å². The van der Waals surface area contributed by atoms with E-state index in [0.29, 0.717) is 5.69 Å². The molecule has 2 aromatic rings. The summed E-state index contributed by atoms with van der Waals surface area (Å²) in [6.07, 6.45) is 2.71. The van der Waals surface area contributed by atoms with Crippen LogP contribution < -0.4 is 0 Å². The van der Waals surface area contributed by atoms with E-state index in [-0.39, 0.29) is 23.4 Å². The number of nitrogens with zero attached hydrogens (tertiary/aromatic N) is 4. The minimum absolute atomic E-state index is 0.0403. The molecule has 0 fully saturated rings. The second-order valence-corrected chi connectivity index (χ2v) is 3.96. The molecule has 0 bridgehead atoms. The van der Waals surface area contributed by atoms with Gasteiger partial charge in [0.2, 0.25) is 0 Å². The molecule has 8 nitrogen and oxygen atoms in total. The molecule has 21 heavy (non-hydrogen) atoms. The lowest BCUT2D eigenvalue weighted by molar-refractivity contribution is -0.385. The molecule has 0 aliphatic rings. The van der Waals surface area contributed by atoms with Crippen LogP contribution in [0.25, 0.3) is 5.69 Å². The van der Waals surface area contributed by atoms with Gasteiger partial charge in [-0.2, -0.15) is 10.4 Å². The summed E-state index contributed by atoms with van der Waals surface area (Å²) >= 11 is 0. The van der Waals surface area contributed by atoms with Crippen LogP contribution in [0, 0.1) is 21.4 Å². The average Bonchev–Trinajstić information content (AvgIpc) is 2.96. The Kier molecular flexibility index (Phi) is 3.95. The Bertz CT molecular complexity index is 745. The molecule has 0 radical (unpaired) electrons. The monoisotopic (exact) mass is 286 g/mol. The zero-order valence-electron chi connectivity index (χ0n) is 11.0. The van der Waals surface area contributed by atoms with E-state index in [1.54, 1.807) is 13.0 Å². The Morgan fingerprint density at radius 1 is 1.57 bits per heavy atom. The Hall–Kier alpha value is -3.21. The number of aromatic nitrogens is 2. The number of hydrogen-bond donors (Lipinski definition) is 0. The van der Waals surface area contributed by atoms with Crippen LogP contribution in [-0.2, 0) is 4.74 Å². The normalized spacial score (nSPS) is 9.90. The Morgan fingerprint density at radius 2 is 2.33 bits per heavy atom. The second kappa shape index (κ2) is 5.83. The van der Waals surface area contributed by atoms with Crippen LogP contribution in [0.3, 0.4) is 0 Å². The van der Waals surface area contributed by atoms with Gasteiger partial charge in [0.25, 0.3) is 5.69 Å². The predicted octanol–water partition coefficient (Wildman–Crippen LogP) is 1.83. The Morgan fingerprint density at radius 3 is 2.95 bits per heavy atom. The third kappa shape index (κ3) is 2.87. The maximum atomic E-state index is 11.5. The highest BCUT2D eigenvalue weighted by Gasteiger charge is 2.16. The maximum Gasteiger partial charge on any atom is 0.341 e. The summed E-state index contributed by atoms with van der Waals surface area (Å²) in [6, 6.07) is 5.81. The van der Waals surface area contributed by atoms with Crippen LogP contribution in [0.4, 0.5) is 5.69 Å². The molecular formula is C13H10N4O4. The van der Waals surface area contributed by atoms with Gasteiger partial charge in [-0.15, -0.1) is 0 Å². The zero-order chi connectivity index (χ0) is 15.4. The van der Waals surface area contributed by atoms with Gasteiger partial charge in [-0.3, -0.25) is 10.1 Å². The lowest BCUT2D eigenvalue weighted by Gasteiger charge is -2.02. The van der Waals surface area contributed by atoms with E-state index in [2.05, 4.69) is 5.10 Å². The smallest absolute Gasteiger partial charge is 0.341 e. The lowest BCUT2D eigenvalue weighted by atomic mass is 10.2. The number of carbonyl (C=O) groups excluding carboxylic acids is 1. The number of carbonyl (C=O) groups is 1. The highest BCUT2D eigenvalue weighted by atomic mass is 16.6. The molecule has 0 atom stereocenters. The molecule has 0 saturated carbocycles. The Balaban J connectivity index is 2.39. The van der Waals surface area contributed by atoms with Gasteiger partial charge >= 0.3 is 5.97 Å². The first-order valence-corrected chi connectivity index (χ1v) is 5.97. The van der Waals surface area contributed by atoms with E-state index in [1.807, 2.05) is 0 Å². The van der Waals surface area contributed by atoms with Crippen LogP contribution in [0.5, 0.6) is 0 Å². The summed E-state index contributed by atoms with van der Waals surface area (Å²) in [6.45, 7) is 1.93. The summed E-state index contributed by atoms with van der Waals surface area (Å²) in [5.74, 6) is -0.521. The highest BCUT2D eigenvalue weighted by molar-refractivity contribution is 5.88. The topological polar surface area (TPSA) is 111 Å². The molecule has 106 valence electrons. The van der Waals surface area contributed by atoms with Crippen LogP contribution in [0.2, 0.25) is 0 Å². The molecule has 1 heterocycles. The summed E-state index contributed by atoms with van der Waals surface area (Å²) in [4.78, 5) is 21.8. The van der Waals surface area contributed by atoms with E-state index in [9.17, 15) is 14.9 Å². The first-order chi connectivity index (χ1) is 10.1. The number of rotatable bonds is 4. The van der Waals surface area contributed by atoms with Crippen LogP contribution >= 0.6 is 0 Å². The molecule has 0 aliphatic carbocycles. The van der Waals surface area contributed by atoms with Gasteiger partial charge in [-0.25, -0.2) is 9.48 Å².